The highest BCUT2D eigenvalue weighted by Gasteiger charge is 2.11. The van der Waals surface area contributed by atoms with Gasteiger partial charge in [0.15, 0.2) is 0 Å². The second-order valence-electron chi connectivity index (χ2n) is 2.63. The molecule has 0 amide bonds. The zero-order valence-corrected chi connectivity index (χ0v) is 8.44. The van der Waals surface area contributed by atoms with Gasteiger partial charge in [0.1, 0.15) is 5.16 Å². The quantitative estimate of drug-likeness (QED) is 0.483. The minimum Gasteiger partial charge on any atom is -0.244 e. The van der Waals surface area contributed by atoms with E-state index in [-0.39, 0.29) is 0 Å². The average Bonchev–Trinajstić information content (AvgIpc) is 2.26. The molecule has 0 bridgehead atoms. The maximum atomic E-state index is 5.78. The van der Waals surface area contributed by atoms with E-state index in [1.54, 1.807) is 6.08 Å². The largest absolute Gasteiger partial charge is 0.244 e. The third kappa shape index (κ3) is 2.36. The van der Waals surface area contributed by atoms with Crippen LogP contribution in [0.25, 0.3) is 0 Å². The van der Waals surface area contributed by atoms with Crippen LogP contribution in [0.3, 0.4) is 0 Å². The van der Waals surface area contributed by atoms with E-state index in [1.165, 1.54) is 0 Å². The summed E-state index contributed by atoms with van der Waals surface area (Å²) in [6, 6.07) is 0. The predicted octanol–water partition coefficient (Wildman–Crippen LogP) is 3.34. The Morgan fingerprint density at radius 1 is 1.58 bits per heavy atom. The van der Waals surface area contributed by atoms with Gasteiger partial charge in [0.05, 0.1) is 5.88 Å². The molecule has 0 aromatic rings. The van der Waals surface area contributed by atoms with Crippen LogP contribution in [0.4, 0.5) is 0 Å². The summed E-state index contributed by atoms with van der Waals surface area (Å²) < 4.78 is 0. The molecule has 66 valence electrons. The van der Waals surface area contributed by atoms with Crippen LogP contribution in [-0.2, 0) is 0 Å². The van der Waals surface area contributed by atoms with Gasteiger partial charge < -0.3 is 0 Å². The van der Waals surface area contributed by atoms with Crippen molar-refractivity contribution in [3.05, 3.63) is 23.4 Å². The van der Waals surface area contributed by atoms with Gasteiger partial charge in [-0.3, -0.25) is 0 Å². The second kappa shape index (κ2) is 4.68. The highest BCUT2D eigenvalue weighted by Crippen LogP contribution is 2.17. The molecule has 0 spiro atoms. The lowest BCUT2D eigenvalue weighted by molar-refractivity contribution is 0.813. The average molecular weight is 204 g/mol. The molecule has 12 heavy (non-hydrogen) atoms. The highest BCUT2D eigenvalue weighted by atomic mass is 35.5. The van der Waals surface area contributed by atoms with E-state index in [0.29, 0.717) is 17.0 Å². The fraction of sp³-hybridized carbons (Fsp3) is 0.444. The lowest BCUT2D eigenvalue weighted by atomic mass is 10.0. The van der Waals surface area contributed by atoms with E-state index in [9.17, 15) is 0 Å². The van der Waals surface area contributed by atoms with Crippen LogP contribution >= 0.6 is 23.2 Å². The molecule has 1 rings (SSSR count). The standard InChI is InChI=1S/C9H11Cl2N/c1-2-7-4-3-5-9(11)12-8(7)6-10/h3-5,7H,2,6H2,1H3. The van der Waals surface area contributed by atoms with Crippen molar-refractivity contribution in [3.63, 3.8) is 0 Å². The van der Waals surface area contributed by atoms with E-state index in [2.05, 4.69) is 18.0 Å². The normalized spacial score (nSPS) is 23.1. The zero-order chi connectivity index (χ0) is 8.97. The summed E-state index contributed by atoms with van der Waals surface area (Å²) in [5, 5.41) is 0.512. The Bertz CT molecular complexity index is 241. The van der Waals surface area contributed by atoms with Crippen molar-refractivity contribution >= 4 is 28.9 Å². The summed E-state index contributed by atoms with van der Waals surface area (Å²) in [4.78, 5) is 4.20. The number of hydrogen-bond donors (Lipinski definition) is 0. The van der Waals surface area contributed by atoms with Crippen molar-refractivity contribution in [2.24, 2.45) is 10.9 Å². The van der Waals surface area contributed by atoms with Gasteiger partial charge in [-0.1, -0.05) is 30.7 Å². The van der Waals surface area contributed by atoms with Crippen LogP contribution in [0.1, 0.15) is 13.3 Å². The Labute approximate surface area is 82.8 Å². The first kappa shape index (κ1) is 9.82. The molecule has 0 aliphatic carbocycles. The fourth-order valence-electron chi connectivity index (χ4n) is 1.14. The summed E-state index contributed by atoms with van der Waals surface area (Å²) in [6.45, 7) is 2.11. The minimum absolute atomic E-state index is 0.343. The maximum absolute atomic E-state index is 5.78. The Balaban J connectivity index is 2.88. The van der Waals surface area contributed by atoms with Gasteiger partial charge >= 0.3 is 0 Å². The van der Waals surface area contributed by atoms with E-state index < -0.39 is 0 Å². The van der Waals surface area contributed by atoms with Gasteiger partial charge in [0, 0.05) is 11.6 Å². The Morgan fingerprint density at radius 2 is 2.33 bits per heavy atom. The first-order valence-electron chi connectivity index (χ1n) is 3.95. The van der Waals surface area contributed by atoms with E-state index in [0.717, 1.165) is 12.1 Å². The summed E-state index contributed by atoms with van der Waals surface area (Å²) in [5.74, 6) is 0.794. The third-order valence-electron chi connectivity index (χ3n) is 1.83. The van der Waals surface area contributed by atoms with E-state index in [4.69, 9.17) is 23.2 Å². The molecule has 1 aliphatic heterocycles. The Hall–Kier alpha value is -0.270. The summed E-state index contributed by atoms with van der Waals surface area (Å²) in [7, 11) is 0. The molecule has 0 radical (unpaired) electrons. The number of nitrogens with zero attached hydrogens (tertiary/aromatic N) is 1. The third-order valence-corrected chi connectivity index (χ3v) is 2.32. The molecule has 1 aliphatic rings. The first-order chi connectivity index (χ1) is 5.77. The molecule has 0 aromatic heterocycles. The van der Waals surface area contributed by atoms with Crippen molar-refractivity contribution in [1.29, 1.82) is 0 Å². The van der Waals surface area contributed by atoms with E-state index in [1.807, 2.05) is 6.08 Å². The molecular formula is C9H11Cl2N. The molecule has 0 saturated carbocycles. The number of hydrogen-bond acceptors (Lipinski definition) is 1. The Morgan fingerprint density at radius 3 is 2.92 bits per heavy atom. The van der Waals surface area contributed by atoms with Crippen molar-refractivity contribution in [2.75, 3.05) is 5.88 Å². The van der Waals surface area contributed by atoms with Gasteiger partial charge in [0.25, 0.3) is 0 Å². The molecule has 0 aromatic carbocycles. The van der Waals surface area contributed by atoms with Crippen molar-refractivity contribution in [3.8, 4) is 0 Å². The van der Waals surface area contributed by atoms with Gasteiger partial charge in [-0.15, -0.1) is 11.6 Å². The van der Waals surface area contributed by atoms with Gasteiger partial charge in [-0.25, -0.2) is 4.99 Å². The van der Waals surface area contributed by atoms with Crippen LogP contribution in [0.2, 0.25) is 0 Å². The van der Waals surface area contributed by atoms with Crippen LogP contribution in [-0.4, -0.2) is 11.6 Å². The lowest BCUT2D eigenvalue weighted by Gasteiger charge is -2.09. The minimum atomic E-state index is 0.343. The second-order valence-corrected chi connectivity index (χ2v) is 3.28. The summed E-state index contributed by atoms with van der Waals surface area (Å²) in [5.41, 5.74) is 0.953. The molecule has 1 nitrogen and oxygen atoms in total. The topological polar surface area (TPSA) is 12.4 Å². The predicted molar refractivity (Wildman–Crippen MR) is 55.0 cm³/mol. The Kier molecular flexibility index (Phi) is 3.83. The van der Waals surface area contributed by atoms with Gasteiger partial charge in [-0.05, 0) is 12.5 Å². The van der Waals surface area contributed by atoms with Gasteiger partial charge in [0.2, 0.25) is 0 Å². The summed E-state index contributed by atoms with van der Waals surface area (Å²) >= 11 is 11.5. The van der Waals surface area contributed by atoms with Crippen LogP contribution in [0, 0.1) is 5.92 Å². The molecule has 1 heterocycles. The number of halogens is 2. The van der Waals surface area contributed by atoms with Crippen LogP contribution < -0.4 is 0 Å². The van der Waals surface area contributed by atoms with Crippen molar-refractivity contribution < 1.29 is 0 Å². The lowest BCUT2D eigenvalue weighted by Crippen LogP contribution is -2.12. The number of allylic oxidation sites excluding steroid dienone is 3. The van der Waals surface area contributed by atoms with E-state index >= 15 is 0 Å². The van der Waals surface area contributed by atoms with Crippen molar-refractivity contribution in [1.82, 2.24) is 0 Å². The van der Waals surface area contributed by atoms with Crippen LogP contribution in [0.5, 0.6) is 0 Å². The molecule has 0 saturated heterocycles. The fourth-order valence-corrected chi connectivity index (χ4v) is 1.58. The highest BCUT2D eigenvalue weighted by molar-refractivity contribution is 6.32. The number of aliphatic imine (C=N–C) groups is 1. The smallest absolute Gasteiger partial charge is 0.129 e. The summed E-state index contributed by atoms with van der Waals surface area (Å²) in [6.07, 6.45) is 6.81. The molecule has 0 N–H and O–H groups in total. The van der Waals surface area contributed by atoms with Crippen LogP contribution in [0.15, 0.2) is 28.4 Å². The number of alkyl halides is 1. The molecule has 1 atom stereocenters. The molecular weight excluding hydrogens is 193 g/mol. The molecule has 0 fully saturated rings. The SMILES string of the molecule is CCC1C=CC=C(Cl)N=C1CCl. The maximum Gasteiger partial charge on any atom is 0.129 e. The first-order valence-corrected chi connectivity index (χ1v) is 4.86. The van der Waals surface area contributed by atoms with Gasteiger partial charge in [-0.2, -0.15) is 0 Å². The monoisotopic (exact) mass is 203 g/mol. The van der Waals surface area contributed by atoms with Crippen molar-refractivity contribution in [2.45, 2.75) is 13.3 Å². The zero-order valence-electron chi connectivity index (χ0n) is 6.93. The molecule has 1 unspecified atom stereocenters. The molecule has 3 heteroatoms. The number of rotatable bonds is 2.